The topological polar surface area (TPSA) is 136 Å². The fourth-order valence-electron chi connectivity index (χ4n) is 3.83. The number of nitrogens with zero attached hydrogens (tertiary/aromatic N) is 3. The molecule has 32 heavy (non-hydrogen) atoms. The highest BCUT2D eigenvalue weighted by molar-refractivity contribution is 7.91. The number of rotatable bonds is 6. The van der Waals surface area contributed by atoms with Crippen molar-refractivity contribution in [1.82, 2.24) is 9.62 Å². The summed E-state index contributed by atoms with van der Waals surface area (Å²) in [6.07, 6.45) is 1.88. The monoisotopic (exact) mass is 464 g/mol. The van der Waals surface area contributed by atoms with Crippen molar-refractivity contribution in [3.63, 3.8) is 0 Å². The second-order valence-corrected chi connectivity index (χ2v) is 10.0. The van der Waals surface area contributed by atoms with E-state index in [4.69, 9.17) is 10.1 Å². The summed E-state index contributed by atoms with van der Waals surface area (Å²) in [5, 5.41) is 13.6. The standard InChI is InChI=1S/C20H25FN6O4S/c1-12(24-11-16(23-3)31-5)17(28)25-13-6-7-15(21)14(10-13)19(2)20(8-9-20)32(29,30)27(4)18(22)26-19/h6-7,10-11H,3,8-9H2,1-2,4-5H3,(H2,22,26)(H,25,28)/b16-11+,24-12+/t19-/m1/s1. The van der Waals surface area contributed by atoms with Gasteiger partial charge in [0, 0.05) is 18.3 Å². The lowest BCUT2D eigenvalue weighted by atomic mass is 9.85. The summed E-state index contributed by atoms with van der Waals surface area (Å²) >= 11 is 0. The van der Waals surface area contributed by atoms with Crippen LogP contribution < -0.4 is 10.6 Å². The first-order chi connectivity index (χ1) is 14.9. The molecule has 1 atom stereocenters. The second-order valence-electron chi connectivity index (χ2n) is 7.76. The average molecular weight is 465 g/mol. The Morgan fingerprint density at radius 3 is 2.66 bits per heavy atom. The van der Waals surface area contributed by atoms with Crippen LogP contribution in [0.4, 0.5) is 10.1 Å². The first-order valence-corrected chi connectivity index (χ1v) is 11.1. The number of ether oxygens (including phenoxy) is 1. The molecule has 172 valence electrons. The molecule has 1 amide bonds. The van der Waals surface area contributed by atoms with Crippen molar-refractivity contribution < 1.29 is 22.3 Å². The van der Waals surface area contributed by atoms with E-state index in [9.17, 15) is 17.6 Å². The molecule has 3 rings (SSSR count). The molecule has 1 aliphatic heterocycles. The number of anilines is 1. The van der Waals surface area contributed by atoms with Crippen LogP contribution in [-0.2, 0) is 25.1 Å². The van der Waals surface area contributed by atoms with Crippen LogP contribution in [0, 0.1) is 11.2 Å². The van der Waals surface area contributed by atoms with Gasteiger partial charge in [-0.05, 0) is 51.6 Å². The van der Waals surface area contributed by atoms with E-state index in [1.165, 1.54) is 39.4 Å². The Hall–Kier alpha value is -3.28. The number of halogens is 1. The number of carbonyl (C=O) groups is 1. The summed E-state index contributed by atoms with van der Waals surface area (Å²) in [6.45, 7) is 6.35. The predicted octanol–water partition coefficient (Wildman–Crippen LogP) is 1.92. The van der Waals surface area contributed by atoms with Gasteiger partial charge in [-0.15, -0.1) is 0 Å². The van der Waals surface area contributed by atoms with Crippen molar-refractivity contribution in [2.75, 3.05) is 19.5 Å². The Labute approximate surface area is 185 Å². The average Bonchev–Trinajstić information content (AvgIpc) is 3.57. The maximum absolute atomic E-state index is 14.9. The number of carbonyl (C=O) groups excluding carboxylic acids is 1. The molecule has 1 aromatic rings. The van der Waals surface area contributed by atoms with Gasteiger partial charge in [0.25, 0.3) is 5.91 Å². The number of hydrogen-bond acceptors (Lipinski definition) is 7. The summed E-state index contributed by atoms with van der Waals surface area (Å²) in [6, 6.07) is 3.90. The van der Waals surface area contributed by atoms with Crippen LogP contribution in [0.3, 0.4) is 0 Å². The number of nitrogens with one attached hydrogen (secondary N) is 3. The summed E-state index contributed by atoms with van der Waals surface area (Å²) in [5.74, 6) is -1.42. The van der Waals surface area contributed by atoms with Crippen LogP contribution in [-0.4, -0.2) is 55.9 Å². The lowest BCUT2D eigenvalue weighted by Gasteiger charge is -2.47. The van der Waals surface area contributed by atoms with Crippen LogP contribution in [0.1, 0.15) is 32.3 Å². The molecular weight excluding hydrogens is 439 g/mol. The first kappa shape index (κ1) is 23.4. The van der Waals surface area contributed by atoms with Gasteiger partial charge in [0.1, 0.15) is 16.3 Å². The van der Waals surface area contributed by atoms with Gasteiger partial charge in [0.05, 0.1) is 18.8 Å². The van der Waals surface area contributed by atoms with E-state index < -0.39 is 32.0 Å². The van der Waals surface area contributed by atoms with E-state index in [0.29, 0.717) is 12.8 Å². The van der Waals surface area contributed by atoms with E-state index in [2.05, 4.69) is 27.3 Å². The summed E-state index contributed by atoms with van der Waals surface area (Å²) in [5.41, 5.74) is -1.02. The molecule has 12 heteroatoms. The fraction of sp³-hybridized carbons (Fsp3) is 0.400. The highest BCUT2D eigenvalue weighted by Gasteiger charge is 2.71. The quantitative estimate of drug-likeness (QED) is 0.436. The number of sulfonamides is 1. The molecule has 3 N–H and O–H groups in total. The third-order valence-electron chi connectivity index (χ3n) is 5.98. The van der Waals surface area contributed by atoms with E-state index in [1.807, 2.05) is 0 Å². The number of hydrogen-bond donors (Lipinski definition) is 3. The van der Waals surface area contributed by atoms with Crippen molar-refractivity contribution >= 4 is 40.0 Å². The van der Waals surface area contributed by atoms with Crippen molar-refractivity contribution in [3.8, 4) is 0 Å². The Morgan fingerprint density at radius 2 is 2.09 bits per heavy atom. The molecule has 1 heterocycles. The van der Waals surface area contributed by atoms with Crippen molar-refractivity contribution in [2.45, 2.75) is 37.0 Å². The minimum atomic E-state index is -3.88. The fourth-order valence-corrected chi connectivity index (χ4v) is 5.94. The predicted molar refractivity (Wildman–Crippen MR) is 120 cm³/mol. The largest absolute Gasteiger partial charge is 0.480 e. The number of amides is 1. The van der Waals surface area contributed by atoms with Gasteiger partial charge in [-0.1, -0.05) is 0 Å². The number of guanidine groups is 1. The molecule has 0 unspecified atom stereocenters. The molecule has 2 aliphatic rings. The molecule has 1 saturated heterocycles. The zero-order valence-corrected chi connectivity index (χ0v) is 19.0. The number of aliphatic imine (C=N–C) groups is 2. The zero-order chi connectivity index (χ0) is 23.9. The zero-order valence-electron chi connectivity index (χ0n) is 18.2. The van der Waals surface area contributed by atoms with Gasteiger partial charge >= 0.3 is 0 Å². The molecule has 1 spiro atoms. The highest BCUT2D eigenvalue weighted by atomic mass is 32.2. The van der Waals surface area contributed by atoms with Crippen molar-refractivity contribution in [3.05, 3.63) is 41.7 Å². The highest BCUT2D eigenvalue weighted by Crippen LogP contribution is 2.58. The molecule has 2 fully saturated rings. The van der Waals surface area contributed by atoms with Gasteiger partial charge in [0.2, 0.25) is 21.9 Å². The van der Waals surface area contributed by atoms with Gasteiger partial charge in [-0.2, -0.15) is 0 Å². The summed E-state index contributed by atoms with van der Waals surface area (Å²) < 4.78 is 45.5. The van der Waals surface area contributed by atoms with Gasteiger partial charge in [0.15, 0.2) is 0 Å². The lowest BCUT2D eigenvalue weighted by Crippen LogP contribution is -2.67. The molecule has 0 aromatic heterocycles. The molecule has 0 radical (unpaired) electrons. The molecule has 1 aliphatic carbocycles. The summed E-state index contributed by atoms with van der Waals surface area (Å²) in [4.78, 5) is 20.0. The van der Waals surface area contributed by atoms with E-state index >= 15 is 0 Å². The van der Waals surface area contributed by atoms with Crippen LogP contribution in [0.5, 0.6) is 0 Å². The lowest BCUT2D eigenvalue weighted by molar-refractivity contribution is -0.110. The van der Waals surface area contributed by atoms with Crippen molar-refractivity contribution in [2.24, 2.45) is 9.98 Å². The van der Waals surface area contributed by atoms with Gasteiger partial charge in [-0.25, -0.2) is 22.1 Å². The minimum Gasteiger partial charge on any atom is -0.480 e. The summed E-state index contributed by atoms with van der Waals surface area (Å²) in [7, 11) is -1.20. The van der Waals surface area contributed by atoms with Gasteiger partial charge < -0.3 is 15.4 Å². The normalized spacial score (nSPS) is 24.0. The third kappa shape index (κ3) is 3.53. The number of methoxy groups -OCH3 is 1. The smallest absolute Gasteiger partial charge is 0.269 e. The Bertz CT molecular complexity index is 1160. The Balaban J connectivity index is 1.96. The Morgan fingerprint density at radius 1 is 1.44 bits per heavy atom. The van der Waals surface area contributed by atoms with Crippen LogP contribution in [0.2, 0.25) is 0 Å². The molecule has 0 bridgehead atoms. The molecule has 1 saturated carbocycles. The van der Waals surface area contributed by atoms with Crippen molar-refractivity contribution in [1.29, 1.82) is 5.41 Å². The van der Waals surface area contributed by atoms with Crippen LogP contribution in [0.25, 0.3) is 0 Å². The molecular formula is C20H25FN6O4S. The van der Waals surface area contributed by atoms with Crippen LogP contribution in [0.15, 0.2) is 40.3 Å². The number of benzene rings is 1. The van der Waals surface area contributed by atoms with Crippen LogP contribution >= 0.6 is 0 Å². The van der Waals surface area contributed by atoms with E-state index in [0.717, 1.165) is 10.4 Å². The molecule has 10 nitrogen and oxygen atoms in total. The maximum atomic E-state index is 14.9. The van der Waals surface area contributed by atoms with E-state index in [1.54, 1.807) is 6.92 Å². The second kappa shape index (κ2) is 8.01. The Kier molecular flexibility index (Phi) is 5.85. The van der Waals surface area contributed by atoms with Gasteiger partial charge in [-0.3, -0.25) is 15.2 Å². The SMILES string of the molecule is C=N/C(=C\N=C(/C)C(=O)Nc1ccc(F)c([C@@]2(C)NC(=N)N(C)S(=O)(=O)C23CC3)c1)OC. The molecule has 1 aromatic carbocycles. The minimum absolute atomic E-state index is 0.0428. The maximum Gasteiger partial charge on any atom is 0.269 e. The third-order valence-corrected chi connectivity index (χ3v) is 8.69. The van der Waals surface area contributed by atoms with E-state index in [-0.39, 0.29) is 28.8 Å². The first-order valence-electron chi connectivity index (χ1n) is 9.65.